The molecule has 25 heavy (non-hydrogen) atoms. The lowest BCUT2D eigenvalue weighted by molar-refractivity contribution is -0.122. The number of carbonyl (C=O) groups is 1. The number of fused-ring (bicyclic) bond motifs is 1. The van der Waals surface area contributed by atoms with Gasteiger partial charge in [-0.3, -0.25) is 9.48 Å². The van der Waals surface area contributed by atoms with Gasteiger partial charge in [0.2, 0.25) is 5.91 Å². The van der Waals surface area contributed by atoms with Crippen LogP contribution in [0.15, 0.2) is 42.9 Å². The largest absolute Gasteiger partial charge is 0.349 e. The molecular weight excluding hydrogens is 316 g/mol. The average molecular weight is 338 g/mol. The summed E-state index contributed by atoms with van der Waals surface area (Å²) in [5.41, 5.74) is 2.86. The summed E-state index contributed by atoms with van der Waals surface area (Å²) in [5, 5.41) is 10.7. The molecule has 1 fully saturated rings. The molecule has 0 aromatic carbocycles. The summed E-state index contributed by atoms with van der Waals surface area (Å²) in [7, 11) is 0. The summed E-state index contributed by atoms with van der Waals surface area (Å²) in [6.45, 7) is 2.69. The van der Waals surface area contributed by atoms with Gasteiger partial charge in [0, 0.05) is 36.7 Å². The lowest BCUT2D eigenvalue weighted by atomic mass is 9.96. The van der Waals surface area contributed by atoms with E-state index in [4.69, 9.17) is 0 Å². The van der Waals surface area contributed by atoms with Gasteiger partial charge in [0.05, 0.1) is 12.2 Å². The second-order valence-corrected chi connectivity index (χ2v) is 6.43. The molecule has 3 aromatic heterocycles. The fraction of sp³-hybridized carbons (Fsp3) is 0.389. The molecule has 0 spiro atoms. The lowest BCUT2D eigenvalue weighted by Crippen LogP contribution is -2.32. The smallest absolute Gasteiger partial charge is 0.242 e. The third-order valence-corrected chi connectivity index (χ3v) is 4.64. The molecule has 7 nitrogen and oxygen atoms in total. The first-order valence-electron chi connectivity index (χ1n) is 8.71. The number of pyridine rings is 1. The molecule has 1 atom stereocenters. The maximum atomic E-state index is 12.3. The van der Waals surface area contributed by atoms with Crippen LogP contribution in [-0.2, 0) is 17.9 Å². The van der Waals surface area contributed by atoms with E-state index in [1.54, 1.807) is 6.20 Å². The number of nitrogens with one attached hydrogen (secondary N) is 2. The van der Waals surface area contributed by atoms with Crippen LogP contribution in [0, 0.1) is 0 Å². The van der Waals surface area contributed by atoms with E-state index in [1.807, 2.05) is 45.7 Å². The van der Waals surface area contributed by atoms with Crippen LogP contribution in [0.5, 0.6) is 0 Å². The first-order chi connectivity index (χ1) is 12.3. The first-order valence-corrected chi connectivity index (χ1v) is 8.71. The van der Waals surface area contributed by atoms with E-state index in [1.165, 1.54) is 0 Å². The number of hydrogen-bond acceptors (Lipinski definition) is 4. The molecule has 130 valence electrons. The van der Waals surface area contributed by atoms with Crippen molar-refractivity contribution in [2.75, 3.05) is 13.1 Å². The van der Waals surface area contributed by atoms with Gasteiger partial charge in [-0.15, -0.1) is 0 Å². The number of rotatable bonds is 5. The first kappa shape index (κ1) is 15.8. The minimum atomic E-state index is -0.0502. The van der Waals surface area contributed by atoms with Crippen LogP contribution in [-0.4, -0.2) is 38.2 Å². The van der Waals surface area contributed by atoms with Crippen LogP contribution < -0.4 is 10.6 Å². The zero-order valence-electron chi connectivity index (χ0n) is 14.1. The maximum Gasteiger partial charge on any atom is 0.242 e. The van der Waals surface area contributed by atoms with Crippen LogP contribution in [0.3, 0.4) is 0 Å². The lowest BCUT2D eigenvalue weighted by Gasteiger charge is -2.23. The Morgan fingerprint density at radius 3 is 3.16 bits per heavy atom. The molecule has 1 unspecified atom stereocenters. The summed E-state index contributed by atoms with van der Waals surface area (Å²) in [4.78, 5) is 16.8. The maximum absolute atomic E-state index is 12.3. The SMILES string of the molecule is O=C(Cn1nccc1C1CCCNC1)NCc1cn2ccccc2n1. The van der Waals surface area contributed by atoms with Gasteiger partial charge in [-0.25, -0.2) is 4.98 Å². The molecule has 0 saturated carbocycles. The van der Waals surface area contributed by atoms with E-state index < -0.39 is 0 Å². The van der Waals surface area contributed by atoms with Gasteiger partial charge in [0.1, 0.15) is 12.2 Å². The molecule has 0 radical (unpaired) electrons. The fourth-order valence-corrected chi connectivity index (χ4v) is 3.38. The molecule has 0 aliphatic carbocycles. The van der Waals surface area contributed by atoms with Crippen LogP contribution >= 0.6 is 0 Å². The summed E-state index contributed by atoms with van der Waals surface area (Å²) in [5.74, 6) is 0.383. The van der Waals surface area contributed by atoms with Gasteiger partial charge in [0.15, 0.2) is 0 Å². The molecule has 0 bridgehead atoms. The zero-order valence-corrected chi connectivity index (χ0v) is 14.1. The number of piperidine rings is 1. The Balaban J connectivity index is 1.37. The minimum absolute atomic E-state index is 0.0502. The van der Waals surface area contributed by atoms with Crippen molar-refractivity contribution in [3.8, 4) is 0 Å². The van der Waals surface area contributed by atoms with E-state index in [2.05, 4.69) is 20.7 Å². The average Bonchev–Trinajstić information content (AvgIpc) is 3.27. The normalized spacial score (nSPS) is 17.7. The highest BCUT2D eigenvalue weighted by molar-refractivity contribution is 5.75. The summed E-state index contributed by atoms with van der Waals surface area (Å²) in [6.07, 6.45) is 7.96. The molecule has 1 saturated heterocycles. The summed E-state index contributed by atoms with van der Waals surface area (Å²) < 4.78 is 3.76. The van der Waals surface area contributed by atoms with E-state index in [9.17, 15) is 4.79 Å². The van der Waals surface area contributed by atoms with Crippen molar-refractivity contribution >= 4 is 11.6 Å². The van der Waals surface area contributed by atoms with Crippen molar-refractivity contribution < 1.29 is 4.79 Å². The number of aromatic nitrogens is 4. The molecular formula is C18H22N6O. The molecule has 4 heterocycles. The second kappa shape index (κ2) is 7.06. The van der Waals surface area contributed by atoms with Gasteiger partial charge in [-0.1, -0.05) is 6.07 Å². The predicted octanol–water partition coefficient (Wildman–Crippen LogP) is 1.31. The van der Waals surface area contributed by atoms with Gasteiger partial charge in [-0.2, -0.15) is 5.10 Å². The molecule has 4 rings (SSSR count). The standard InChI is InChI=1S/C18H22N6O/c25-18(20-11-15-12-23-9-2-1-5-17(23)22-15)13-24-16(6-8-21-24)14-4-3-7-19-10-14/h1-2,5-6,8-9,12,14,19H,3-4,7,10-11,13H2,(H,20,25). The van der Waals surface area contributed by atoms with Crippen LogP contribution in [0.25, 0.3) is 5.65 Å². The Kier molecular flexibility index (Phi) is 4.47. The molecule has 3 aromatic rings. The molecule has 1 aliphatic heterocycles. The van der Waals surface area contributed by atoms with Crippen molar-refractivity contribution in [2.24, 2.45) is 0 Å². The number of nitrogens with zero attached hydrogens (tertiary/aromatic N) is 4. The highest BCUT2D eigenvalue weighted by Gasteiger charge is 2.19. The topological polar surface area (TPSA) is 76.2 Å². The van der Waals surface area contributed by atoms with E-state index >= 15 is 0 Å². The Morgan fingerprint density at radius 1 is 1.36 bits per heavy atom. The van der Waals surface area contributed by atoms with E-state index in [-0.39, 0.29) is 12.5 Å². The van der Waals surface area contributed by atoms with Crippen LogP contribution in [0.1, 0.15) is 30.1 Å². The fourth-order valence-electron chi connectivity index (χ4n) is 3.38. The molecule has 1 aliphatic rings. The van der Waals surface area contributed by atoms with Gasteiger partial charge in [-0.05, 0) is 37.6 Å². The van der Waals surface area contributed by atoms with E-state index in [0.717, 1.165) is 43.0 Å². The summed E-state index contributed by atoms with van der Waals surface area (Å²) >= 11 is 0. The predicted molar refractivity (Wildman–Crippen MR) is 94.1 cm³/mol. The third-order valence-electron chi connectivity index (χ3n) is 4.64. The van der Waals surface area contributed by atoms with Gasteiger partial charge < -0.3 is 15.0 Å². The van der Waals surface area contributed by atoms with Gasteiger partial charge in [0.25, 0.3) is 0 Å². The third kappa shape index (κ3) is 3.56. The summed E-state index contributed by atoms with van der Waals surface area (Å²) in [6, 6.07) is 7.87. The molecule has 2 N–H and O–H groups in total. The van der Waals surface area contributed by atoms with Crippen molar-refractivity contribution in [1.82, 2.24) is 29.8 Å². The van der Waals surface area contributed by atoms with Crippen molar-refractivity contribution in [1.29, 1.82) is 0 Å². The minimum Gasteiger partial charge on any atom is -0.349 e. The quantitative estimate of drug-likeness (QED) is 0.735. The number of amides is 1. The van der Waals surface area contributed by atoms with Gasteiger partial charge >= 0.3 is 0 Å². The number of hydrogen-bond donors (Lipinski definition) is 2. The Morgan fingerprint density at radius 2 is 2.32 bits per heavy atom. The van der Waals surface area contributed by atoms with Crippen molar-refractivity contribution in [2.45, 2.75) is 31.8 Å². The number of imidazole rings is 1. The Hall–Kier alpha value is -2.67. The van der Waals surface area contributed by atoms with Crippen LogP contribution in [0.2, 0.25) is 0 Å². The second-order valence-electron chi connectivity index (χ2n) is 6.43. The van der Waals surface area contributed by atoms with Crippen LogP contribution in [0.4, 0.5) is 0 Å². The van der Waals surface area contributed by atoms with E-state index in [0.29, 0.717) is 12.5 Å². The van der Waals surface area contributed by atoms with Crippen molar-refractivity contribution in [3.63, 3.8) is 0 Å². The Bertz CT molecular complexity index is 828. The highest BCUT2D eigenvalue weighted by Crippen LogP contribution is 2.22. The molecule has 7 heteroatoms. The molecule has 1 amide bonds. The Labute approximate surface area is 146 Å². The monoisotopic (exact) mass is 338 g/mol. The van der Waals surface area contributed by atoms with Crippen molar-refractivity contribution in [3.05, 3.63) is 54.2 Å². The highest BCUT2D eigenvalue weighted by atomic mass is 16.2. The zero-order chi connectivity index (χ0) is 17.1. The number of carbonyl (C=O) groups excluding carboxylic acids is 1.